The number of rotatable bonds is 5. The number of para-hydroxylation sites is 1. The summed E-state index contributed by atoms with van der Waals surface area (Å²) in [6.45, 7) is 11.3. The molecular weight excluding hydrogens is 362 g/mol. The zero-order chi connectivity index (χ0) is 21.0. The van der Waals surface area contributed by atoms with E-state index in [9.17, 15) is 9.59 Å². The number of anilines is 1. The van der Waals surface area contributed by atoms with E-state index < -0.39 is 0 Å². The van der Waals surface area contributed by atoms with E-state index in [0.717, 1.165) is 22.4 Å². The van der Waals surface area contributed by atoms with Crippen LogP contribution in [0.2, 0.25) is 0 Å². The van der Waals surface area contributed by atoms with Crippen molar-refractivity contribution >= 4 is 17.5 Å². The smallest absolute Gasteiger partial charge is 0.253 e. The molecule has 0 atom stereocenters. The van der Waals surface area contributed by atoms with E-state index in [0.29, 0.717) is 38.6 Å². The van der Waals surface area contributed by atoms with Gasteiger partial charge in [-0.1, -0.05) is 44.2 Å². The van der Waals surface area contributed by atoms with Gasteiger partial charge in [0, 0.05) is 37.4 Å². The maximum absolute atomic E-state index is 12.8. The van der Waals surface area contributed by atoms with Gasteiger partial charge in [0.1, 0.15) is 0 Å². The lowest BCUT2D eigenvalue weighted by Gasteiger charge is -2.34. The third-order valence-corrected chi connectivity index (χ3v) is 5.60. The normalized spacial score (nSPS) is 14.9. The van der Waals surface area contributed by atoms with Crippen molar-refractivity contribution in [3.8, 4) is 0 Å². The Morgan fingerprint density at radius 3 is 2.07 bits per heavy atom. The lowest BCUT2D eigenvalue weighted by Crippen LogP contribution is -2.50. The van der Waals surface area contributed by atoms with E-state index in [1.807, 2.05) is 61.2 Å². The van der Waals surface area contributed by atoms with E-state index >= 15 is 0 Å². The number of hydrogen-bond acceptors (Lipinski definition) is 3. The van der Waals surface area contributed by atoms with Gasteiger partial charge in [0.15, 0.2) is 0 Å². The minimum atomic E-state index is -0.00792. The van der Waals surface area contributed by atoms with Crippen LogP contribution in [0.1, 0.15) is 46.8 Å². The van der Waals surface area contributed by atoms with E-state index in [1.54, 1.807) is 0 Å². The minimum Gasteiger partial charge on any atom is -0.336 e. The third-order valence-electron chi connectivity index (χ3n) is 5.60. The van der Waals surface area contributed by atoms with Crippen LogP contribution in [-0.2, 0) is 4.79 Å². The number of carbonyl (C=O) groups is 2. The average molecular weight is 394 g/mol. The molecule has 2 amide bonds. The number of nitrogens with zero attached hydrogens (tertiary/aromatic N) is 2. The van der Waals surface area contributed by atoms with Crippen molar-refractivity contribution in [2.24, 2.45) is 0 Å². The first kappa shape index (κ1) is 21.1. The molecule has 2 aromatic rings. The number of carbonyl (C=O) groups excluding carboxylic acids is 2. The largest absolute Gasteiger partial charge is 0.336 e. The molecule has 1 fully saturated rings. The summed E-state index contributed by atoms with van der Waals surface area (Å²) in [5.41, 5.74) is 5.00. The van der Waals surface area contributed by atoms with Crippen molar-refractivity contribution in [2.75, 3.05) is 38.0 Å². The molecule has 1 aliphatic heterocycles. The Bertz CT molecular complexity index is 846. The predicted molar refractivity (Wildman–Crippen MR) is 117 cm³/mol. The molecule has 0 unspecified atom stereocenters. The topological polar surface area (TPSA) is 52.7 Å². The zero-order valence-electron chi connectivity index (χ0n) is 17.9. The quantitative estimate of drug-likeness (QED) is 0.840. The van der Waals surface area contributed by atoms with Gasteiger partial charge in [-0.2, -0.15) is 0 Å². The fourth-order valence-corrected chi connectivity index (χ4v) is 3.70. The lowest BCUT2D eigenvalue weighted by molar-refractivity contribution is -0.117. The maximum Gasteiger partial charge on any atom is 0.253 e. The molecule has 0 aromatic heterocycles. The molecule has 0 spiro atoms. The molecule has 29 heavy (non-hydrogen) atoms. The highest BCUT2D eigenvalue weighted by Crippen LogP contribution is 2.20. The number of amides is 2. The van der Waals surface area contributed by atoms with Crippen molar-refractivity contribution in [1.82, 2.24) is 9.80 Å². The van der Waals surface area contributed by atoms with Gasteiger partial charge in [-0.3, -0.25) is 14.5 Å². The van der Waals surface area contributed by atoms with Crippen LogP contribution in [0.25, 0.3) is 0 Å². The predicted octanol–water partition coefficient (Wildman–Crippen LogP) is 3.82. The third kappa shape index (κ3) is 5.24. The molecule has 1 saturated heterocycles. The summed E-state index contributed by atoms with van der Waals surface area (Å²) in [4.78, 5) is 29.2. The molecule has 1 heterocycles. The molecule has 2 aromatic carbocycles. The van der Waals surface area contributed by atoms with Crippen LogP contribution in [0, 0.1) is 13.8 Å². The Kier molecular flexibility index (Phi) is 6.70. The van der Waals surface area contributed by atoms with Crippen LogP contribution >= 0.6 is 0 Å². The van der Waals surface area contributed by atoms with Crippen molar-refractivity contribution in [3.05, 3.63) is 64.7 Å². The Morgan fingerprint density at radius 2 is 1.52 bits per heavy atom. The van der Waals surface area contributed by atoms with Crippen LogP contribution < -0.4 is 5.32 Å². The molecule has 0 radical (unpaired) electrons. The summed E-state index contributed by atoms with van der Waals surface area (Å²) in [5, 5.41) is 3.04. The van der Waals surface area contributed by atoms with Crippen molar-refractivity contribution in [3.63, 3.8) is 0 Å². The highest BCUT2D eigenvalue weighted by Gasteiger charge is 2.23. The van der Waals surface area contributed by atoms with Crippen LogP contribution in [0.4, 0.5) is 5.69 Å². The molecule has 0 bridgehead atoms. The number of hydrogen-bond donors (Lipinski definition) is 1. The monoisotopic (exact) mass is 393 g/mol. The maximum atomic E-state index is 12.8. The zero-order valence-corrected chi connectivity index (χ0v) is 17.9. The summed E-state index contributed by atoms with van der Waals surface area (Å²) >= 11 is 0. The second-order valence-electron chi connectivity index (χ2n) is 8.16. The van der Waals surface area contributed by atoms with E-state index in [-0.39, 0.29) is 11.8 Å². The van der Waals surface area contributed by atoms with Gasteiger partial charge in [0.2, 0.25) is 5.91 Å². The van der Waals surface area contributed by atoms with E-state index in [2.05, 4.69) is 24.1 Å². The Labute approximate surface area is 173 Å². The Balaban J connectivity index is 1.51. The fourth-order valence-electron chi connectivity index (χ4n) is 3.70. The van der Waals surface area contributed by atoms with Crippen molar-refractivity contribution in [2.45, 2.75) is 33.6 Å². The van der Waals surface area contributed by atoms with E-state index in [1.165, 1.54) is 5.56 Å². The highest BCUT2D eigenvalue weighted by molar-refractivity contribution is 5.95. The lowest BCUT2D eigenvalue weighted by atomic mass is 10.0. The minimum absolute atomic E-state index is 0.00792. The summed E-state index contributed by atoms with van der Waals surface area (Å²) in [6.07, 6.45) is 0. The first-order valence-corrected chi connectivity index (χ1v) is 10.3. The number of piperazine rings is 1. The standard InChI is InChI=1S/C24H31N3O2/c1-17(2)20-8-10-21(11-9-20)24(29)27-14-12-26(13-15-27)16-22(28)25-23-18(3)6-5-7-19(23)4/h5-11,17H,12-16H2,1-4H3,(H,25,28). The molecule has 5 heteroatoms. The molecule has 154 valence electrons. The van der Waals surface area contributed by atoms with Crippen LogP contribution in [-0.4, -0.2) is 54.3 Å². The van der Waals surface area contributed by atoms with E-state index in [4.69, 9.17) is 0 Å². The molecular formula is C24H31N3O2. The van der Waals surface area contributed by atoms with Crippen molar-refractivity contribution in [1.29, 1.82) is 0 Å². The SMILES string of the molecule is Cc1cccc(C)c1NC(=O)CN1CCN(C(=O)c2ccc(C(C)C)cc2)CC1. The van der Waals surface area contributed by atoms with Crippen LogP contribution in [0.3, 0.4) is 0 Å². The van der Waals surface area contributed by atoms with Crippen LogP contribution in [0.15, 0.2) is 42.5 Å². The summed E-state index contributed by atoms with van der Waals surface area (Å²) < 4.78 is 0. The Hall–Kier alpha value is -2.66. The van der Waals surface area contributed by atoms with Gasteiger partial charge in [-0.05, 0) is 48.6 Å². The van der Waals surface area contributed by atoms with Gasteiger partial charge in [0.25, 0.3) is 5.91 Å². The van der Waals surface area contributed by atoms with Crippen LogP contribution in [0.5, 0.6) is 0 Å². The van der Waals surface area contributed by atoms with Crippen molar-refractivity contribution < 1.29 is 9.59 Å². The molecule has 1 N–H and O–H groups in total. The average Bonchev–Trinajstić information content (AvgIpc) is 2.71. The van der Waals surface area contributed by atoms with Gasteiger partial charge >= 0.3 is 0 Å². The molecule has 1 aliphatic rings. The van der Waals surface area contributed by atoms with Gasteiger partial charge in [-0.25, -0.2) is 0 Å². The number of aryl methyl sites for hydroxylation is 2. The second kappa shape index (κ2) is 9.23. The highest BCUT2D eigenvalue weighted by atomic mass is 16.2. The Morgan fingerprint density at radius 1 is 0.931 bits per heavy atom. The fraction of sp³-hybridized carbons (Fsp3) is 0.417. The van der Waals surface area contributed by atoms with Gasteiger partial charge in [0.05, 0.1) is 6.54 Å². The second-order valence-corrected chi connectivity index (χ2v) is 8.16. The number of benzene rings is 2. The summed E-state index contributed by atoms with van der Waals surface area (Å²) in [5.74, 6) is 0.517. The first-order chi connectivity index (χ1) is 13.8. The first-order valence-electron chi connectivity index (χ1n) is 10.3. The van der Waals surface area contributed by atoms with Gasteiger partial charge in [-0.15, -0.1) is 0 Å². The number of nitrogens with one attached hydrogen (secondary N) is 1. The molecule has 3 rings (SSSR count). The molecule has 5 nitrogen and oxygen atoms in total. The molecule has 0 aliphatic carbocycles. The van der Waals surface area contributed by atoms with Gasteiger partial charge < -0.3 is 10.2 Å². The summed E-state index contributed by atoms with van der Waals surface area (Å²) in [6, 6.07) is 13.9. The molecule has 0 saturated carbocycles. The summed E-state index contributed by atoms with van der Waals surface area (Å²) in [7, 11) is 0.